The van der Waals surface area contributed by atoms with Gasteiger partial charge < -0.3 is 4.74 Å². The van der Waals surface area contributed by atoms with Gasteiger partial charge in [-0.3, -0.25) is 4.79 Å². The van der Waals surface area contributed by atoms with E-state index in [0.29, 0.717) is 6.61 Å². The van der Waals surface area contributed by atoms with Gasteiger partial charge in [-0.2, -0.15) is 0 Å². The zero-order chi connectivity index (χ0) is 12.8. The summed E-state index contributed by atoms with van der Waals surface area (Å²) in [4.78, 5) is 11.0. The minimum atomic E-state index is -0.0486. The number of ether oxygens (including phenoxy) is 1. The van der Waals surface area contributed by atoms with E-state index >= 15 is 0 Å². The van der Waals surface area contributed by atoms with E-state index in [0.717, 1.165) is 12.8 Å². The van der Waals surface area contributed by atoms with Crippen LogP contribution in [0.1, 0.15) is 73.1 Å². The molecule has 0 aliphatic rings. The Kier molecular flexibility index (Phi) is 16.1. The predicted molar refractivity (Wildman–Crippen MR) is 70.5 cm³/mol. The van der Waals surface area contributed by atoms with Crippen molar-refractivity contribution in [1.82, 2.24) is 0 Å². The Morgan fingerprint density at radius 3 is 1.62 bits per heavy atom. The van der Waals surface area contributed by atoms with Crippen molar-refractivity contribution in [2.45, 2.75) is 73.1 Å². The van der Waals surface area contributed by atoms with E-state index in [2.05, 4.69) is 13.8 Å². The highest BCUT2D eigenvalue weighted by molar-refractivity contribution is 5.72. The first-order valence-electron chi connectivity index (χ1n) is 6.84. The third-order valence-corrected chi connectivity index (χ3v) is 2.56. The van der Waals surface area contributed by atoms with Crippen LogP contribution in [0, 0.1) is 5.92 Å². The van der Waals surface area contributed by atoms with Crippen molar-refractivity contribution >= 4 is 5.97 Å². The highest BCUT2D eigenvalue weighted by Crippen LogP contribution is 2.08. The molecule has 0 aliphatic heterocycles. The zero-order valence-corrected chi connectivity index (χ0v) is 11.8. The molecule has 2 heteroatoms. The number of unbranched alkanes of at least 4 members (excludes halogenated alkanes) is 3. The van der Waals surface area contributed by atoms with Gasteiger partial charge in [-0.1, -0.05) is 53.4 Å². The van der Waals surface area contributed by atoms with E-state index in [-0.39, 0.29) is 11.9 Å². The van der Waals surface area contributed by atoms with Crippen molar-refractivity contribution in [3.8, 4) is 0 Å². The summed E-state index contributed by atoms with van der Waals surface area (Å²) in [6, 6.07) is 0. The SMILES string of the molecule is CCCCCC.CCOC(=O)C(CC)CC. The fraction of sp³-hybridized carbons (Fsp3) is 0.929. The Hall–Kier alpha value is -0.530. The Balaban J connectivity index is 0. The molecule has 0 aromatic heterocycles. The lowest BCUT2D eigenvalue weighted by Crippen LogP contribution is -2.15. The molecule has 2 nitrogen and oxygen atoms in total. The molecule has 0 rings (SSSR count). The van der Waals surface area contributed by atoms with Crippen LogP contribution in [-0.2, 0) is 9.53 Å². The van der Waals surface area contributed by atoms with Gasteiger partial charge in [0.25, 0.3) is 0 Å². The van der Waals surface area contributed by atoms with Gasteiger partial charge in [0, 0.05) is 0 Å². The van der Waals surface area contributed by atoms with Crippen molar-refractivity contribution < 1.29 is 9.53 Å². The molecular formula is C14H30O2. The van der Waals surface area contributed by atoms with Gasteiger partial charge in [-0.05, 0) is 19.8 Å². The molecule has 0 heterocycles. The number of hydrogen-bond acceptors (Lipinski definition) is 2. The normalized spacial score (nSPS) is 9.62. The van der Waals surface area contributed by atoms with E-state index in [1.54, 1.807) is 0 Å². The maximum absolute atomic E-state index is 11.0. The molecule has 0 amide bonds. The fourth-order valence-electron chi connectivity index (χ4n) is 1.38. The van der Waals surface area contributed by atoms with Gasteiger partial charge in [0.1, 0.15) is 0 Å². The molecule has 0 aliphatic carbocycles. The second kappa shape index (κ2) is 14.5. The summed E-state index contributed by atoms with van der Waals surface area (Å²) in [6.07, 6.45) is 7.30. The van der Waals surface area contributed by atoms with E-state index in [4.69, 9.17) is 4.74 Å². The van der Waals surface area contributed by atoms with Gasteiger partial charge in [0.2, 0.25) is 0 Å². The maximum Gasteiger partial charge on any atom is 0.308 e. The fourth-order valence-corrected chi connectivity index (χ4v) is 1.38. The van der Waals surface area contributed by atoms with Crippen LogP contribution in [0.15, 0.2) is 0 Å². The zero-order valence-electron chi connectivity index (χ0n) is 11.8. The predicted octanol–water partition coefficient (Wildman–Crippen LogP) is 4.57. The topological polar surface area (TPSA) is 26.3 Å². The van der Waals surface area contributed by atoms with Crippen LogP contribution in [0.5, 0.6) is 0 Å². The van der Waals surface area contributed by atoms with Crippen molar-refractivity contribution in [3.05, 3.63) is 0 Å². The van der Waals surface area contributed by atoms with E-state index < -0.39 is 0 Å². The van der Waals surface area contributed by atoms with Crippen molar-refractivity contribution in [3.63, 3.8) is 0 Å². The molecule has 0 fully saturated rings. The van der Waals surface area contributed by atoms with Crippen LogP contribution >= 0.6 is 0 Å². The van der Waals surface area contributed by atoms with Gasteiger partial charge in [0.05, 0.1) is 12.5 Å². The van der Waals surface area contributed by atoms with Crippen LogP contribution in [-0.4, -0.2) is 12.6 Å². The van der Waals surface area contributed by atoms with Gasteiger partial charge in [-0.15, -0.1) is 0 Å². The summed E-state index contributed by atoms with van der Waals surface area (Å²) in [6.45, 7) is 10.8. The molecule has 0 saturated carbocycles. The molecule has 0 aromatic rings. The number of carbonyl (C=O) groups is 1. The maximum atomic E-state index is 11.0. The van der Waals surface area contributed by atoms with Crippen molar-refractivity contribution in [1.29, 1.82) is 0 Å². The number of hydrogen-bond donors (Lipinski definition) is 0. The summed E-state index contributed by atoms with van der Waals surface area (Å²) in [5.74, 6) is 0.0625. The van der Waals surface area contributed by atoms with Crippen LogP contribution < -0.4 is 0 Å². The quantitative estimate of drug-likeness (QED) is 0.473. The van der Waals surface area contributed by atoms with Crippen molar-refractivity contribution in [2.75, 3.05) is 6.61 Å². The molecule has 0 unspecified atom stereocenters. The largest absolute Gasteiger partial charge is 0.466 e. The molecule has 0 spiro atoms. The smallest absolute Gasteiger partial charge is 0.308 e. The molecule has 0 aromatic carbocycles. The first-order chi connectivity index (χ1) is 7.67. The second-order valence-electron chi connectivity index (χ2n) is 3.97. The average molecular weight is 230 g/mol. The molecule has 0 atom stereocenters. The molecule has 16 heavy (non-hydrogen) atoms. The highest BCUT2D eigenvalue weighted by atomic mass is 16.5. The van der Waals surface area contributed by atoms with E-state index in [9.17, 15) is 4.79 Å². The van der Waals surface area contributed by atoms with Crippen LogP contribution in [0.2, 0.25) is 0 Å². The number of esters is 1. The first-order valence-corrected chi connectivity index (χ1v) is 6.84. The van der Waals surface area contributed by atoms with Crippen LogP contribution in [0.4, 0.5) is 0 Å². The Bertz CT molecular complexity index is 136. The third-order valence-electron chi connectivity index (χ3n) is 2.56. The van der Waals surface area contributed by atoms with Gasteiger partial charge in [0.15, 0.2) is 0 Å². The van der Waals surface area contributed by atoms with Crippen molar-refractivity contribution in [2.24, 2.45) is 5.92 Å². The minimum Gasteiger partial charge on any atom is -0.466 e. The van der Waals surface area contributed by atoms with E-state index in [1.807, 2.05) is 20.8 Å². The number of rotatable bonds is 7. The van der Waals surface area contributed by atoms with Crippen LogP contribution in [0.25, 0.3) is 0 Å². The standard InChI is InChI=1S/C8H16O2.C6H14/c1-4-7(5-2)8(9)10-6-3;1-3-5-6-4-2/h7H,4-6H2,1-3H3;3-6H2,1-2H3. The summed E-state index contributed by atoms with van der Waals surface area (Å²) in [5.41, 5.74) is 0. The molecule has 0 radical (unpaired) electrons. The minimum absolute atomic E-state index is 0.0486. The lowest BCUT2D eigenvalue weighted by molar-refractivity contribution is -0.148. The molecule has 0 bridgehead atoms. The third kappa shape index (κ3) is 11.5. The van der Waals surface area contributed by atoms with Gasteiger partial charge >= 0.3 is 5.97 Å². The lowest BCUT2D eigenvalue weighted by atomic mass is 10.0. The molecule has 0 N–H and O–H groups in total. The summed E-state index contributed by atoms with van der Waals surface area (Å²) >= 11 is 0. The molecule has 98 valence electrons. The Labute approximate surface area is 102 Å². The van der Waals surface area contributed by atoms with Crippen LogP contribution in [0.3, 0.4) is 0 Å². The monoisotopic (exact) mass is 230 g/mol. The Morgan fingerprint density at radius 2 is 1.38 bits per heavy atom. The van der Waals surface area contributed by atoms with E-state index in [1.165, 1.54) is 25.7 Å². The first kappa shape index (κ1) is 17.9. The molecule has 0 saturated heterocycles. The second-order valence-corrected chi connectivity index (χ2v) is 3.97. The summed E-state index contributed by atoms with van der Waals surface area (Å²) in [5, 5.41) is 0. The molecular weight excluding hydrogens is 200 g/mol. The highest BCUT2D eigenvalue weighted by Gasteiger charge is 2.13. The summed E-state index contributed by atoms with van der Waals surface area (Å²) in [7, 11) is 0. The Morgan fingerprint density at radius 1 is 0.938 bits per heavy atom. The van der Waals surface area contributed by atoms with Gasteiger partial charge in [-0.25, -0.2) is 0 Å². The average Bonchev–Trinajstić information content (AvgIpc) is 2.29. The summed E-state index contributed by atoms with van der Waals surface area (Å²) < 4.78 is 4.85. The lowest BCUT2D eigenvalue weighted by Gasteiger charge is -2.09. The number of carbonyl (C=O) groups excluding carboxylic acids is 1.